The first-order valence-electron chi connectivity index (χ1n) is 6.72. The third-order valence-electron chi connectivity index (χ3n) is 2.73. The van der Waals surface area contributed by atoms with Gasteiger partial charge in [0.05, 0.1) is 17.9 Å². The van der Waals surface area contributed by atoms with Gasteiger partial charge in [-0.05, 0) is 6.42 Å². The highest BCUT2D eigenvalue weighted by Crippen LogP contribution is 2.35. The summed E-state index contributed by atoms with van der Waals surface area (Å²) in [6.07, 6.45) is 0.832. The standard InChI is InChI=1S/C13H22N4O3S/c1-4-5-16-12(19)10-9(14)8(11(18)15-2)13(21-10)17-6-7-20-3/h17H,4-7,14H2,1-3H3,(H,15,18)(H,16,19). The summed E-state index contributed by atoms with van der Waals surface area (Å²) in [5.41, 5.74) is 6.48. The molecular formula is C13H22N4O3S. The molecule has 0 aromatic carbocycles. The van der Waals surface area contributed by atoms with E-state index in [0.717, 1.165) is 6.42 Å². The van der Waals surface area contributed by atoms with Gasteiger partial charge in [0.1, 0.15) is 9.88 Å². The van der Waals surface area contributed by atoms with Crippen LogP contribution in [0.1, 0.15) is 33.4 Å². The molecule has 0 fully saturated rings. The van der Waals surface area contributed by atoms with Crippen molar-refractivity contribution in [3.63, 3.8) is 0 Å². The maximum Gasteiger partial charge on any atom is 0.263 e. The van der Waals surface area contributed by atoms with Crippen LogP contribution in [-0.2, 0) is 4.74 Å². The minimum absolute atomic E-state index is 0.202. The first-order chi connectivity index (χ1) is 10.1. The molecule has 5 N–H and O–H groups in total. The summed E-state index contributed by atoms with van der Waals surface area (Å²) in [7, 11) is 3.11. The number of hydrogen-bond acceptors (Lipinski definition) is 6. The van der Waals surface area contributed by atoms with Gasteiger partial charge in [-0.25, -0.2) is 0 Å². The lowest BCUT2D eigenvalue weighted by Gasteiger charge is -2.06. The molecule has 1 heterocycles. The van der Waals surface area contributed by atoms with E-state index >= 15 is 0 Å². The highest BCUT2D eigenvalue weighted by Gasteiger charge is 2.24. The van der Waals surface area contributed by atoms with E-state index in [1.165, 1.54) is 18.4 Å². The SMILES string of the molecule is CCCNC(=O)c1sc(NCCOC)c(C(=O)NC)c1N. The molecule has 0 aliphatic heterocycles. The van der Waals surface area contributed by atoms with Crippen LogP contribution in [0.5, 0.6) is 0 Å². The number of rotatable bonds is 8. The average Bonchev–Trinajstić information content (AvgIpc) is 2.81. The zero-order chi connectivity index (χ0) is 15.8. The number of nitrogens with two attached hydrogens (primary N) is 1. The molecule has 2 amide bonds. The molecule has 0 radical (unpaired) electrons. The summed E-state index contributed by atoms with van der Waals surface area (Å²) < 4.78 is 4.96. The fourth-order valence-electron chi connectivity index (χ4n) is 1.67. The van der Waals surface area contributed by atoms with E-state index in [-0.39, 0.29) is 17.5 Å². The fraction of sp³-hybridized carbons (Fsp3) is 0.538. The largest absolute Gasteiger partial charge is 0.397 e. The Kier molecular flexibility index (Phi) is 6.97. The summed E-state index contributed by atoms with van der Waals surface area (Å²) in [5, 5.41) is 8.94. The van der Waals surface area contributed by atoms with Crippen LogP contribution in [-0.4, -0.2) is 45.7 Å². The number of methoxy groups -OCH3 is 1. The number of thiophene rings is 1. The summed E-state index contributed by atoms with van der Waals surface area (Å²) in [5.74, 6) is -0.581. The van der Waals surface area contributed by atoms with E-state index in [2.05, 4.69) is 16.0 Å². The molecule has 0 saturated heterocycles. The molecule has 118 valence electrons. The van der Waals surface area contributed by atoms with Crippen molar-refractivity contribution >= 4 is 33.8 Å². The second-order valence-electron chi connectivity index (χ2n) is 4.30. The van der Waals surface area contributed by atoms with Gasteiger partial charge in [0.15, 0.2) is 0 Å². The average molecular weight is 314 g/mol. The Balaban J connectivity index is 3.05. The van der Waals surface area contributed by atoms with Crippen LogP contribution in [0.25, 0.3) is 0 Å². The molecule has 0 aliphatic carbocycles. The van der Waals surface area contributed by atoms with E-state index in [1.807, 2.05) is 6.92 Å². The zero-order valence-corrected chi connectivity index (χ0v) is 13.4. The molecule has 7 nitrogen and oxygen atoms in total. The molecule has 0 spiro atoms. The number of nitrogens with one attached hydrogen (secondary N) is 3. The van der Waals surface area contributed by atoms with E-state index in [1.54, 1.807) is 7.11 Å². The number of nitrogen functional groups attached to an aromatic ring is 1. The van der Waals surface area contributed by atoms with Crippen LogP contribution in [0.15, 0.2) is 0 Å². The van der Waals surface area contributed by atoms with E-state index < -0.39 is 0 Å². The Morgan fingerprint density at radius 1 is 1.29 bits per heavy atom. The lowest BCUT2D eigenvalue weighted by atomic mass is 10.2. The molecule has 0 aliphatic rings. The first kappa shape index (κ1) is 17.3. The molecule has 1 rings (SSSR count). The van der Waals surface area contributed by atoms with Gasteiger partial charge in [-0.15, -0.1) is 11.3 Å². The number of hydrogen-bond donors (Lipinski definition) is 4. The zero-order valence-electron chi connectivity index (χ0n) is 12.5. The Hall–Kier alpha value is -1.80. The Labute approximate surface area is 128 Å². The third-order valence-corrected chi connectivity index (χ3v) is 3.89. The molecule has 0 bridgehead atoms. The number of amides is 2. The first-order valence-corrected chi connectivity index (χ1v) is 7.53. The second kappa shape index (κ2) is 8.48. The third kappa shape index (κ3) is 4.33. The second-order valence-corrected chi connectivity index (χ2v) is 5.32. The van der Waals surface area contributed by atoms with Gasteiger partial charge in [0, 0.05) is 27.2 Å². The van der Waals surface area contributed by atoms with Gasteiger partial charge in [-0.1, -0.05) is 6.92 Å². The van der Waals surface area contributed by atoms with E-state index in [4.69, 9.17) is 10.5 Å². The van der Waals surface area contributed by atoms with Crippen LogP contribution in [0.4, 0.5) is 10.7 Å². The molecule has 0 unspecified atom stereocenters. The predicted molar refractivity (Wildman–Crippen MR) is 85.1 cm³/mol. The topological polar surface area (TPSA) is 105 Å². The predicted octanol–water partition coefficient (Wildman–Crippen LogP) is 0.888. The van der Waals surface area contributed by atoms with E-state index in [0.29, 0.717) is 35.1 Å². The molecule has 21 heavy (non-hydrogen) atoms. The lowest BCUT2D eigenvalue weighted by Crippen LogP contribution is -2.24. The minimum atomic E-state index is -0.321. The number of anilines is 2. The van der Waals surface area contributed by atoms with Gasteiger partial charge < -0.3 is 26.4 Å². The normalized spacial score (nSPS) is 10.2. The highest BCUT2D eigenvalue weighted by atomic mass is 32.1. The minimum Gasteiger partial charge on any atom is -0.397 e. The maximum atomic E-state index is 12.1. The van der Waals surface area contributed by atoms with Crippen molar-refractivity contribution in [3.05, 3.63) is 10.4 Å². The van der Waals surface area contributed by atoms with Crippen molar-refractivity contribution in [2.75, 3.05) is 44.9 Å². The summed E-state index contributed by atoms with van der Waals surface area (Å²) in [4.78, 5) is 24.4. The van der Waals surface area contributed by atoms with Crippen LogP contribution in [0.2, 0.25) is 0 Å². The molecule has 1 aromatic heterocycles. The van der Waals surface area contributed by atoms with Crippen LogP contribution < -0.4 is 21.7 Å². The molecule has 0 atom stereocenters. The van der Waals surface area contributed by atoms with E-state index in [9.17, 15) is 9.59 Å². The number of ether oxygens (including phenoxy) is 1. The maximum absolute atomic E-state index is 12.1. The summed E-state index contributed by atoms with van der Waals surface area (Å²) >= 11 is 1.17. The van der Waals surface area contributed by atoms with Gasteiger partial charge >= 0.3 is 0 Å². The van der Waals surface area contributed by atoms with Crippen molar-refractivity contribution in [3.8, 4) is 0 Å². The van der Waals surface area contributed by atoms with Crippen LogP contribution in [0.3, 0.4) is 0 Å². The van der Waals surface area contributed by atoms with Crippen molar-refractivity contribution in [2.45, 2.75) is 13.3 Å². The van der Waals surface area contributed by atoms with Gasteiger partial charge in [0.25, 0.3) is 11.8 Å². The number of carbonyl (C=O) groups is 2. The quantitative estimate of drug-likeness (QED) is 0.533. The highest BCUT2D eigenvalue weighted by molar-refractivity contribution is 7.19. The lowest BCUT2D eigenvalue weighted by molar-refractivity contribution is 0.0957. The molecule has 1 aromatic rings. The smallest absolute Gasteiger partial charge is 0.263 e. The molecule has 8 heteroatoms. The Bertz CT molecular complexity index is 502. The summed E-state index contributed by atoms with van der Waals surface area (Å²) in [6.45, 7) is 3.54. The monoisotopic (exact) mass is 314 g/mol. The van der Waals surface area contributed by atoms with Gasteiger partial charge in [-0.3, -0.25) is 9.59 Å². The van der Waals surface area contributed by atoms with Crippen LogP contribution >= 0.6 is 11.3 Å². The van der Waals surface area contributed by atoms with Gasteiger partial charge in [0.2, 0.25) is 0 Å². The number of carbonyl (C=O) groups excluding carboxylic acids is 2. The van der Waals surface area contributed by atoms with Gasteiger partial charge in [-0.2, -0.15) is 0 Å². The molecular weight excluding hydrogens is 292 g/mol. The Morgan fingerprint density at radius 2 is 2.00 bits per heavy atom. The summed E-state index contributed by atoms with van der Waals surface area (Å²) in [6, 6.07) is 0. The van der Waals surface area contributed by atoms with Crippen LogP contribution in [0, 0.1) is 0 Å². The van der Waals surface area contributed by atoms with Crippen molar-refractivity contribution in [1.29, 1.82) is 0 Å². The Morgan fingerprint density at radius 3 is 2.57 bits per heavy atom. The van der Waals surface area contributed by atoms with Crippen molar-refractivity contribution in [2.24, 2.45) is 0 Å². The fourth-order valence-corrected chi connectivity index (χ4v) is 2.73. The van der Waals surface area contributed by atoms with Crippen molar-refractivity contribution in [1.82, 2.24) is 10.6 Å². The van der Waals surface area contributed by atoms with Crippen molar-refractivity contribution < 1.29 is 14.3 Å². The molecule has 0 saturated carbocycles.